The first kappa shape index (κ1) is 29.1. The van der Waals surface area contributed by atoms with Gasteiger partial charge in [0.05, 0.1) is 24.1 Å². The molecule has 38 heavy (non-hydrogen) atoms. The second-order valence-electron chi connectivity index (χ2n) is 10.8. The highest BCUT2D eigenvalue weighted by Crippen LogP contribution is 2.31. The van der Waals surface area contributed by atoms with Crippen LogP contribution in [0.5, 0.6) is 0 Å². The fourth-order valence-corrected chi connectivity index (χ4v) is 5.37. The Kier molecular flexibility index (Phi) is 10.7. The van der Waals surface area contributed by atoms with Crippen LogP contribution in [0.25, 0.3) is 0 Å². The maximum absolute atomic E-state index is 13.4. The van der Waals surface area contributed by atoms with Crippen molar-refractivity contribution < 1.29 is 24.4 Å². The number of nitrogens with zero attached hydrogens (tertiary/aromatic N) is 3. The van der Waals surface area contributed by atoms with Crippen LogP contribution in [0, 0.1) is 29.1 Å². The number of carbonyl (C=O) groups is 4. The maximum Gasteiger partial charge on any atom is 0.251 e. The Morgan fingerprint density at radius 1 is 1.13 bits per heavy atom. The number of likely N-dealkylation sites (tertiary alicyclic amines) is 1. The Morgan fingerprint density at radius 3 is 2.32 bits per heavy atom. The summed E-state index contributed by atoms with van der Waals surface area (Å²) in [5.74, 6) is -1.07. The van der Waals surface area contributed by atoms with Crippen LogP contribution >= 0.6 is 0 Å². The molecule has 0 bridgehead atoms. The normalized spacial score (nSPS) is 17.9. The fraction of sp³-hybridized carbons (Fsp3) is 0.607. The summed E-state index contributed by atoms with van der Waals surface area (Å²) < 4.78 is 0. The molecule has 1 saturated carbocycles. The van der Waals surface area contributed by atoms with Crippen LogP contribution in [-0.4, -0.2) is 71.0 Å². The van der Waals surface area contributed by atoms with E-state index in [4.69, 9.17) is 5.26 Å². The number of rotatable bonds is 11. The van der Waals surface area contributed by atoms with Crippen molar-refractivity contribution in [3.05, 3.63) is 35.4 Å². The highest BCUT2D eigenvalue weighted by molar-refractivity contribution is 5.94. The first-order valence-electron chi connectivity index (χ1n) is 13.5. The van der Waals surface area contributed by atoms with Crippen LogP contribution in [0.3, 0.4) is 0 Å². The summed E-state index contributed by atoms with van der Waals surface area (Å²) in [6.45, 7) is 4.57. The second kappa shape index (κ2) is 13.9. The van der Waals surface area contributed by atoms with Gasteiger partial charge in [0.25, 0.3) is 5.91 Å². The highest BCUT2D eigenvalue weighted by Gasteiger charge is 2.34. The highest BCUT2D eigenvalue weighted by atomic mass is 16.5. The molecule has 4 amide bonds. The van der Waals surface area contributed by atoms with Gasteiger partial charge in [0.1, 0.15) is 6.04 Å². The number of hydrogen-bond donors (Lipinski definition) is 3. The maximum atomic E-state index is 13.4. The van der Waals surface area contributed by atoms with Gasteiger partial charge in [-0.25, -0.2) is 5.06 Å². The lowest BCUT2D eigenvalue weighted by atomic mass is 9.91. The Balaban J connectivity index is 1.55. The van der Waals surface area contributed by atoms with Crippen LogP contribution in [0.15, 0.2) is 24.3 Å². The van der Waals surface area contributed by atoms with Gasteiger partial charge in [-0.2, -0.15) is 5.26 Å². The standard InChI is InChI=1S/C28H39N5O5/c1-19(2)25(31-27(36)23(17-33(38)18-34)15-20-5-3-4-6-20)28(37)32-13-11-24(12-14-32)30-26(35)22-9-7-21(16-29)8-10-22/h7-10,18-20,23-25,38H,3-6,11-15,17H2,1-2H3,(H,30,35)(H,31,36)/t23-,25+/m1/s1. The lowest BCUT2D eigenvalue weighted by Crippen LogP contribution is -2.56. The fourth-order valence-electron chi connectivity index (χ4n) is 5.37. The zero-order valence-corrected chi connectivity index (χ0v) is 22.3. The number of amides is 4. The van der Waals surface area contributed by atoms with Crippen molar-refractivity contribution in [3.63, 3.8) is 0 Å². The number of hydroxylamine groups is 2. The van der Waals surface area contributed by atoms with Gasteiger partial charge >= 0.3 is 0 Å². The summed E-state index contributed by atoms with van der Waals surface area (Å²) in [5, 5.41) is 25.1. The van der Waals surface area contributed by atoms with Gasteiger partial charge in [-0.05, 0) is 55.4 Å². The molecule has 1 aromatic rings. The molecule has 2 fully saturated rings. The average molecular weight is 526 g/mol. The van der Waals surface area contributed by atoms with Crippen molar-refractivity contribution in [2.24, 2.45) is 17.8 Å². The molecular weight excluding hydrogens is 486 g/mol. The predicted octanol–water partition coefficient (Wildman–Crippen LogP) is 2.46. The van der Waals surface area contributed by atoms with E-state index >= 15 is 0 Å². The molecule has 3 rings (SSSR count). The minimum Gasteiger partial charge on any atom is -0.349 e. The third kappa shape index (κ3) is 8.02. The van der Waals surface area contributed by atoms with Crippen molar-refractivity contribution in [1.29, 1.82) is 5.26 Å². The van der Waals surface area contributed by atoms with Crippen LogP contribution < -0.4 is 10.6 Å². The van der Waals surface area contributed by atoms with Gasteiger partial charge in [-0.15, -0.1) is 0 Å². The monoisotopic (exact) mass is 525 g/mol. The first-order chi connectivity index (χ1) is 18.2. The van der Waals surface area contributed by atoms with Crippen molar-refractivity contribution in [1.82, 2.24) is 20.6 Å². The average Bonchev–Trinajstić information content (AvgIpc) is 3.44. The Bertz CT molecular complexity index is 1010. The van der Waals surface area contributed by atoms with E-state index in [1.807, 2.05) is 19.9 Å². The van der Waals surface area contributed by atoms with Crippen LogP contribution in [-0.2, 0) is 14.4 Å². The predicted molar refractivity (Wildman–Crippen MR) is 140 cm³/mol. The van der Waals surface area contributed by atoms with E-state index in [-0.39, 0.29) is 36.2 Å². The Morgan fingerprint density at radius 2 is 1.76 bits per heavy atom. The molecule has 3 N–H and O–H groups in total. The van der Waals surface area contributed by atoms with Gasteiger partial charge < -0.3 is 15.5 Å². The molecule has 1 saturated heterocycles. The molecule has 1 heterocycles. The molecule has 0 radical (unpaired) electrons. The van der Waals surface area contributed by atoms with Crippen LogP contribution in [0.2, 0.25) is 0 Å². The summed E-state index contributed by atoms with van der Waals surface area (Å²) >= 11 is 0. The summed E-state index contributed by atoms with van der Waals surface area (Å²) in [7, 11) is 0. The molecule has 2 aliphatic rings. The van der Waals surface area contributed by atoms with Crippen molar-refractivity contribution in [2.45, 2.75) is 70.9 Å². The van der Waals surface area contributed by atoms with E-state index in [1.54, 1.807) is 29.2 Å². The van der Waals surface area contributed by atoms with Gasteiger partial charge in [0.2, 0.25) is 18.2 Å². The van der Waals surface area contributed by atoms with Gasteiger partial charge in [-0.1, -0.05) is 39.5 Å². The van der Waals surface area contributed by atoms with E-state index in [0.29, 0.717) is 60.9 Å². The smallest absolute Gasteiger partial charge is 0.251 e. The van der Waals surface area contributed by atoms with Crippen molar-refractivity contribution in [3.8, 4) is 6.07 Å². The molecule has 0 spiro atoms. The zero-order chi connectivity index (χ0) is 27.7. The van der Waals surface area contributed by atoms with E-state index in [9.17, 15) is 24.4 Å². The van der Waals surface area contributed by atoms with Gasteiger partial charge in [0.15, 0.2) is 0 Å². The number of piperidine rings is 1. The third-order valence-electron chi connectivity index (χ3n) is 7.64. The van der Waals surface area contributed by atoms with Crippen molar-refractivity contribution >= 4 is 24.1 Å². The minimum absolute atomic E-state index is 0.0797. The quantitative estimate of drug-likeness (QED) is 0.230. The van der Waals surface area contributed by atoms with Crippen LogP contribution in [0.4, 0.5) is 0 Å². The van der Waals surface area contributed by atoms with E-state index in [2.05, 4.69) is 10.6 Å². The number of nitrogens with one attached hydrogen (secondary N) is 2. The van der Waals surface area contributed by atoms with Crippen LogP contribution in [0.1, 0.15) is 74.7 Å². The lowest BCUT2D eigenvalue weighted by molar-refractivity contribution is -0.155. The summed E-state index contributed by atoms with van der Waals surface area (Å²) in [6.07, 6.45) is 6.34. The van der Waals surface area contributed by atoms with E-state index < -0.39 is 12.0 Å². The molecule has 1 aliphatic heterocycles. The number of hydrogen-bond acceptors (Lipinski definition) is 6. The summed E-state index contributed by atoms with van der Waals surface area (Å²) in [6, 6.07) is 7.67. The van der Waals surface area contributed by atoms with Crippen molar-refractivity contribution in [2.75, 3.05) is 19.6 Å². The first-order valence-corrected chi connectivity index (χ1v) is 13.5. The molecule has 10 heteroatoms. The molecule has 0 unspecified atom stereocenters. The molecule has 206 valence electrons. The summed E-state index contributed by atoms with van der Waals surface area (Å²) in [5.41, 5.74) is 0.968. The summed E-state index contributed by atoms with van der Waals surface area (Å²) in [4.78, 5) is 51.9. The molecule has 10 nitrogen and oxygen atoms in total. The molecular formula is C28H39N5O5. The van der Waals surface area contributed by atoms with Gasteiger partial charge in [-0.3, -0.25) is 24.4 Å². The van der Waals surface area contributed by atoms with Gasteiger partial charge in [0, 0.05) is 24.7 Å². The molecule has 1 aromatic carbocycles. The molecule has 2 atom stereocenters. The number of nitriles is 1. The largest absolute Gasteiger partial charge is 0.349 e. The number of carbonyl (C=O) groups excluding carboxylic acids is 4. The lowest BCUT2D eigenvalue weighted by Gasteiger charge is -2.36. The minimum atomic E-state index is -0.721. The Labute approximate surface area is 224 Å². The zero-order valence-electron chi connectivity index (χ0n) is 22.3. The third-order valence-corrected chi connectivity index (χ3v) is 7.64. The topological polar surface area (TPSA) is 143 Å². The van der Waals surface area contributed by atoms with E-state index in [0.717, 1.165) is 25.7 Å². The molecule has 1 aliphatic carbocycles. The Hall–Kier alpha value is -3.45. The second-order valence-corrected chi connectivity index (χ2v) is 10.8. The molecule has 0 aromatic heterocycles. The number of benzene rings is 1. The van der Waals surface area contributed by atoms with E-state index in [1.165, 1.54) is 0 Å². The SMILES string of the molecule is CC(C)[C@H](NC(=O)[C@H](CC1CCCC1)CN(O)C=O)C(=O)N1CCC(NC(=O)c2ccc(C#N)cc2)CC1.